The number of hydrogen-bond acceptors (Lipinski definition) is 2. The van der Waals surface area contributed by atoms with Crippen molar-refractivity contribution in [2.24, 2.45) is 0 Å². The van der Waals surface area contributed by atoms with Crippen molar-refractivity contribution in [3.05, 3.63) is 176 Å². The van der Waals surface area contributed by atoms with Gasteiger partial charge in [0.15, 0.2) is 0 Å². The fraction of sp³-hybridized carbons (Fsp3) is 0. The predicted octanol–water partition coefficient (Wildman–Crippen LogP) is 12.7. The minimum absolute atomic E-state index is 0.890. The van der Waals surface area contributed by atoms with Crippen molar-refractivity contribution in [3.8, 4) is 22.3 Å². The molecule has 2 heteroatoms. The number of rotatable bonds is 5. The number of benzene rings is 8. The molecule has 0 atom stereocenters. The second-order valence-corrected chi connectivity index (χ2v) is 11.8. The zero-order valence-corrected chi connectivity index (χ0v) is 25.1. The van der Waals surface area contributed by atoms with Crippen LogP contribution >= 0.6 is 0 Å². The van der Waals surface area contributed by atoms with E-state index in [-0.39, 0.29) is 0 Å². The number of hydrogen-bond donors (Lipinski definition) is 0. The molecule has 9 rings (SSSR count). The Bertz CT molecular complexity index is 2530. The van der Waals surface area contributed by atoms with Crippen LogP contribution in [-0.4, -0.2) is 0 Å². The van der Waals surface area contributed by atoms with Gasteiger partial charge in [0, 0.05) is 27.8 Å². The minimum atomic E-state index is 0.890. The lowest BCUT2D eigenvalue weighted by molar-refractivity contribution is 0.669. The third-order valence-electron chi connectivity index (χ3n) is 9.03. The van der Waals surface area contributed by atoms with Gasteiger partial charge in [0.25, 0.3) is 0 Å². The van der Waals surface area contributed by atoms with Crippen molar-refractivity contribution >= 4 is 60.5 Å². The van der Waals surface area contributed by atoms with Crippen molar-refractivity contribution in [2.75, 3.05) is 4.90 Å². The third kappa shape index (κ3) is 4.43. The van der Waals surface area contributed by atoms with E-state index in [2.05, 4.69) is 169 Å². The Morgan fingerprint density at radius 3 is 1.80 bits per heavy atom. The fourth-order valence-electron chi connectivity index (χ4n) is 6.84. The molecular weight excluding hydrogens is 558 g/mol. The van der Waals surface area contributed by atoms with E-state index in [0.717, 1.165) is 39.0 Å². The zero-order valence-electron chi connectivity index (χ0n) is 25.1. The van der Waals surface area contributed by atoms with Gasteiger partial charge in [-0.25, -0.2) is 0 Å². The van der Waals surface area contributed by atoms with Crippen LogP contribution in [0.5, 0.6) is 0 Å². The average molecular weight is 588 g/mol. The summed E-state index contributed by atoms with van der Waals surface area (Å²) < 4.78 is 6.19. The van der Waals surface area contributed by atoms with Crippen molar-refractivity contribution in [1.29, 1.82) is 0 Å². The van der Waals surface area contributed by atoms with E-state index < -0.39 is 0 Å². The van der Waals surface area contributed by atoms with Crippen molar-refractivity contribution < 1.29 is 4.42 Å². The van der Waals surface area contributed by atoms with Crippen molar-refractivity contribution in [3.63, 3.8) is 0 Å². The Labute approximate surface area is 267 Å². The van der Waals surface area contributed by atoms with Crippen LogP contribution in [0.2, 0.25) is 0 Å². The molecule has 2 nitrogen and oxygen atoms in total. The Hall–Kier alpha value is -6.12. The summed E-state index contributed by atoms with van der Waals surface area (Å²) in [6.07, 6.45) is 0. The molecule has 0 saturated heterocycles. The molecule has 0 N–H and O–H groups in total. The first-order chi connectivity index (χ1) is 22.8. The van der Waals surface area contributed by atoms with Crippen molar-refractivity contribution in [1.82, 2.24) is 0 Å². The summed E-state index contributed by atoms with van der Waals surface area (Å²) in [6, 6.07) is 62.8. The van der Waals surface area contributed by atoms with Gasteiger partial charge in [0.05, 0.1) is 0 Å². The number of anilines is 3. The van der Waals surface area contributed by atoms with Gasteiger partial charge in [0.1, 0.15) is 11.2 Å². The third-order valence-corrected chi connectivity index (χ3v) is 9.03. The lowest BCUT2D eigenvalue weighted by atomic mass is 9.93. The predicted molar refractivity (Wildman–Crippen MR) is 194 cm³/mol. The van der Waals surface area contributed by atoms with E-state index in [1.54, 1.807) is 0 Å². The van der Waals surface area contributed by atoms with Crippen LogP contribution in [-0.2, 0) is 0 Å². The van der Waals surface area contributed by atoms with E-state index in [1.165, 1.54) is 43.8 Å². The summed E-state index contributed by atoms with van der Waals surface area (Å²) in [5.74, 6) is 0. The standard InChI is InChI=1S/C44H29NO/c1-2-11-30(12-3-1)32-14-10-15-35(27-32)45(36-25-26-44-42(29-36)40-19-8-9-20-43(40)46-44)34-23-21-31(22-24-34)41-28-33-13-4-5-16-37(33)38-17-6-7-18-39(38)41/h1-29H. The highest BCUT2D eigenvalue weighted by atomic mass is 16.3. The topological polar surface area (TPSA) is 16.4 Å². The molecule has 0 aliphatic rings. The van der Waals surface area contributed by atoms with Crippen LogP contribution in [0.3, 0.4) is 0 Å². The summed E-state index contributed by atoms with van der Waals surface area (Å²) in [7, 11) is 0. The second-order valence-electron chi connectivity index (χ2n) is 11.8. The lowest BCUT2D eigenvalue weighted by Crippen LogP contribution is -2.10. The maximum atomic E-state index is 6.19. The SMILES string of the molecule is c1ccc(-c2cccc(N(c3ccc(-c4cc5ccccc5c5ccccc45)cc3)c3ccc4oc5ccccc5c4c3)c2)cc1. The average Bonchev–Trinajstić information content (AvgIpc) is 3.50. The lowest BCUT2D eigenvalue weighted by Gasteiger charge is -2.26. The minimum Gasteiger partial charge on any atom is -0.456 e. The first-order valence-corrected chi connectivity index (χ1v) is 15.7. The Morgan fingerprint density at radius 2 is 0.957 bits per heavy atom. The largest absolute Gasteiger partial charge is 0.456 e. The van der Waals surface area contributed by atoms with Gasteiger partial charge in [-0.15, -0.1) is 0 Å². The summed E-state index contributed by atoms with van der Waals surface area (Å²) in [4.78, 5) is 2.34. The second kappa shape index (κ2) is 10.8. The summed E-state index contributed by atoms with van der Waals surface area (Å²) >= 11 is 0. The summed E-state index contributed by atoms with van der Waals surface area (Å²) in [5, 5.41) is 7.30. The zero-order chi connectivity index (χ0) is 30.5. The first-order valence-electron chi connectivity index (χ1n) is 15.7. The molecule has 1 aromatic heterocycles. The number of furan rings is 1. The molecule has 216 valence electrons. The number of nitrogens with zero attached hydrogens (tertiary/aromatic N) is 1. The summed E-state index contributed by atoms with van der Waals surface area (Å²) in [6.45, 7) is 0. The van der Waals surface area contributed by atoms with Gasteiger partial charge in [-0.1, -0.05) is 121 Å². The van der Waals surface area contributed by atoms with Crippen LogP contribution in [0.1, 0.15) is 0 Å². The molecule has 0 bridgehead atoms. The molecule has 0 unspecified atom stereocenters. The Balaban J connectivity index is 1.21. The van der Waals surface area contributed by atoms with Crippen LogP contribution in [0.25, 0.3) is 65.7 Å². The highest BCUT2D eigenvalue weighted by Gasteiger charge is 2.17. The highest BCUT2D eigenvalue weighted by Crippen LogP contribution is 2.41. The highest BCUT2D eigenvalue weighted by molar-refractivity contribution is 6.14. The monoisotopic (exact) mass is 587 g/mol. The molecule has 0 aliphatic carbocycles. The molecule has 0 aliphatic heterocycles. The number of fused-ring (bicyclic) bond motifs is 6. The van der Waals surface area contributed by atoms with Gasteiger partial charge < -0.3 is 9.32 Å². The van der Waals surface area contributed by atoms with Gasteiger partial charge in [-0.3, -0.25) is 0 Å². The van der Waals surface area contributed by atoms with E-state index in [1.807, 2.05) is 12.1 Å². The van der Waals surface area contributed by atoms with Crippen LogP contribution in [0, 0.1) is 0 Å². The molecule has 46 heavy (non-hydrogen) atoms. The molecule has 1 heterocycles. The molecule has 0 saturated carbocycles. The van der Waals surface area contributed by atoms with Crippen molar-refractivity contribution in [2.45, 2.75) is 0 Å². The molecule has 0 fully saturated rings. The smallest absolute Gasteiger partial charge is 0.135 e. The normalized spacial score (nSPS) is 11.5. The molecule has 8 aromatic carbocycles. The van der Waals surface area contributed by atoms with E-state index in [0.29, 0.717) is 0 Å². The number of para-hydroxylation sites is 1. The van der Waals surface area contributed by atoms with Crippen LogP contribution < -0.4 is 4.90 Å². The van der Waals surface area contributed by atoms with Crippen LogP contribution in [0.15, 0.2) is 180 Å². The fourth-order valence-corrected chi connectivity index (χ4v) is 6.84. The Kier molecular flexibility index (Phi) is 6.17. The first kappa shape index (κ1) is 26.3. The molecule has 0 radical (unpaired) electrons. The molecule has 0 amide bonds. The van der Waals surface area contributed by atoms with E-state index >= 15 is 0 Å². The maximum Gasteiger partial charge on any atom is 0.135 e. The van der Waals surface area contributed by atoms with Gasteiger partial charge in [-0.05, 0) is 98.4 Å². The molecule has 0 spiro atoms. The Morgan fingerprint density at radius 1 is 0.326 bits per heavy atom. The van der Waals surface area contributed by atoms with Gasteiger partial charge in [-0.2, -0.15) is 0 Å². The van der Waals surface area contributed by atoms with Gasteiger partial charge in [0.2, 0.25) is 0 Å². The maximum absolute atomic E-state index is 6.19. The van der Waals surface area contributed by atoms with E-state index in [9.17, 15) is 0 Å². The summed E-state index contributed by atoms with van der Waals surface area (Å²) in [5.41, 5.74) is 9.86. The van der Waals surface area contributed by atoms with Crippen LogP contribution in [0.4, 0.5) is 17.1 Å². The quantitative estimate of drug-likeness (QED) is 0.186. The molecular formula is C44H29NO. The van der Waals surface area contributed by atoms with E-state index in [4.69, 9.17) is 4.42 Å². The van der Waals surface area contributed by atoms with Gasteiger partial charge >= 0.3 is 0 Å². The molecule has 9 aromatic rings.